The average Bonchev–Trinajstić information content (AvgIpc) is 2.15. The van der Waals surface area contributed by atoms with E-state index in [0.29, 0.717) is 12.6 Å². The molecule has 0 N–H and O–H groups in total. The van der Waals surface area contributed by atoms with Crippen molar-refractivity contribution in [2.45, 2.75) is 39.2 Å². The van der Waals surface area contributed by atoms with E-state index in [0.717, 1.165) is 19.4 Å². The van der Waals surface area contributed by atoms with Crippen LogP contribution in [0.5, 0.6) is 0 Å². The first-order valence-corrected chi connectivity index (χ1v) is 5.13. The van der Waals surface area contributed by atoms with Gasteiger partial charge in [0.15, 0.2) is 0 Å². The zero-order valence-corrected chi connectivity index (χ0v) is 8.58. The summed E-state index contributed by atoms with van der Waals surface area (Å²) in [6.45, 7) is 5.80. The molecule has 0 bridgehead atoms. The summed E-state index contributed by atoms with van der Waals surface area (Å²) in [6, 6.07) is 0.404. The van der Waals surface area contributed by atoms with E-state index in [2.05, 4.69) is 6.92 Å². The smallest absolute Gasteiger partial charge is 0.248 e. The molecule has 0 aromatic heterocycles. The second-order valence-electron chi connectivity index (χ2n) is 3.57. The van der Waals surface area contributed by atoms with Crippen molar-refractivity contribution in [1.82, 2.24) is 4.90 Å². The predicted molar refractivity (Wildman–Crippen MR) is 51.5 cm³/mol. The van der Waals surface area contributed by atoms with Gasteiger partial charge in [-0.15, -0.1) is 0 Å². The third kappa shape index (κ3) is 2.99. The maximum atomic E-state index is 11.6. The van der Waals surface area contributed by atoms with Crippen molar-refractivity contribution in [3.05, 3.63) is 0 Å². The van der Waals surface area contributed by atoms with Crippen molar-refractivity contribution < 1.29 is 9.53 Å². The number of likely N-dealkylation sites (tertiary alicyclic amines) is 1. The number of rotatable bonds is 3. The van der Waals surface area contributed by atoms with Crippen molar-refractivity contribution in [2.75, 3.05) is 19.8 Å². The third-order valence-electron chi connectivity index (χ3n) is 2.55. The van der Waals surface area contributed by atoms with Crippen LogP contribution in [0.3, 0.4) is 0 Å². The van der Waals surface area contributed by atoms with Crippen LogP contribution in [-0.2, 0) is 9.53 Å². The second kappa shape index (κ2) is 5.22. The lowest BCUT2D eigenvalue weighted by Gasteiger charge is -2.33. The molecule has 0 aromatic rings. The van der Waals surface area contributed by atoms with Crippen LogP contribution in [0.2, 0.25) is 0 Å². The zero-order valence-electron chi connectivity index (χ0n) is 8.58. The molecule has 0 radical (unpaired) electrons. The number of ether oxygens (including phenoxy) is 1. The summed E-state index contributed by atoms with van der Waals surface area (Å²) in [5, 5.41) is 0. The maximum absolute atomic E-state index is 11.6. The first-order valence-electron chi connectivity index (χ1n) is 5.13. The summed E-state index contributed by atoms with van der Waals surface area (Å²) in [6.07, 6.45) is 3.53. The van der Waals surface area contributed by atoms with E-state index in [9.17, 15) is 4.79 Å². The average molecular weight is 185 g/mol. The molecule has 3 heteroatoms. The van der Waals surface area contributed by atoms with Gasteiger partial charge in [-0.1, -0.05) is 0 Å². The lowest BCUT2D eigenvalue weighted by Crippen LogP contribution is -2.43. The van der Waals surface area contributed by atoms with Crippen molar-refractivity contribution in [2.24, 2.45) is 0 Å². The molecule has 0 aromatic carbocycles. The molecule has 3 nitrogen and oxygen atoms in total. The standard InChI is InChI=1S/C10H19NO2/c1-3-13-8-10(12)11-7-5-4-6-9(11)2/h9H,3-8H2,1-2H3. The van der Waals surface area contributed by atoms with E-state index in [-0.39, 0.29) is 12.5 Å². The Labute approximate surface area is 80.1 Å². The fourth-order valence-electron chi connectivity index (χ4n) is 1.74. The number of amides is 1. The van der Waals surface area contributed by atoms with E-state index < -0.39 is 0 Å². The monoisotopic (exact) mass is 185 g/mol. The molecule has 0 saturated carbocycles. The fraction of sp³-hybridized carbons (Fsp3) is 0.900. The highest BCUT2D eigenvalue weighted by atomic mass is 16.5. The Kier molecular flexibility index (Phi) is 4.22. The molecule has 76 valence electrons. The Morgan fingerprint density at radius 3 is 2.92 bits per heavy atom. The van der Waals surface area contributed by atoms with Gasteiger partial charge in [0.25, 0.3) is 0 Å². The largest absolute Gasteiger partial charge is 0.372 e. The molecule has 1 aliphatic heterocycles. The number of hydrogen-bond acceptors (Lipinski definition) is 2. The van der Waals surface area contributed by atoms with Crippen LogP contribution in [0.15, 0.2) is 0 Å². The van der Waals surface area contributed by atoms with E-state index in [1.807, 2.05) is 11.8 Å². The maximum Gasteiger partial charge on any atom is 0.248 e. The Hall–Kier alpha value is -0.570. The van der Waals surface area contributed by atoms with Crippen LogP contribution in [-0.4, -0.2) is 36.6 Å². The molecule has 1 rings (SSSR count). The highest BCUT2D eigenvalue weighted by molar-refractivity contribution is 5.77. The van der Waals surface area contributed by atoms with Crippen molar-refractivity contribution >= 4 is 5.91 Å². The van der Waals surface area contributed by atoms with Gasteiger partial charge in [0.1, 0.15) is 6.61 Å². The summed E-state index contributed by atoms with van der Waals surface area (Å²) in [4.78, 5) is 13.5. The normalized spacial score (nSPS) is 23.2. The van der Waals surface area contributed by atoms with E-state index in [1.165, 1.54) is 6.42 Å². The Bertz CT molecular complexity index is 170. The van der Waals surface area contributed by atoms with E-state index >= 15 is 0 Å². The van der Waals surface area contributed by atoms with Gasteiger partial charge >= 0.3 is 0 Å². The molecular formula is C10H19NO2. The Balaban J connectivity index is 2.35. The lowest BCUT2D eigenvalue weighted by atomic mass is 10.0. The summed E-state index contributed by atoms with van der Waals surface area (Å²) < 4.78 is 5.11. The van der Waals surface area contributed by atoms with Gasteiger partial charge in [-0.05, 0) is 33.1 Å². The molecule has 1 heterocycles. The summed E-state index contributed by atoms with van der Waals surface area (Å²) >= 11 is 0. The second-order valence-corrected chi connectivity index (χ2v) is 3.57. The van der Waals surface area contributed by atoms with Gasteiger partial charge in [-0.25, -0.2) is 0 Å². The first kappa shape index (κ1) is 10.5. The van der Waals surface area contributed by atoms with Gasteiger partial charge in [0, 0.05) is 19.2 Å². The van der Waals surface area contributed by atoms with Crippen molar-refractivity contribution in [3.63, 3.8) is 0 Å². The number of carbonyl (C=O) groups is 1. The van der Waals surface area contributed by atoms with Crippen LogP contribution < -0.4 is 0 Å². The molecule has 0 spiro atoms. The minimum atomic E-state index is 0.147. The summed E-state index contributed by atoms with van der Waals surface area (Å²) in [7, 11) is 0. The topological polar surface area (TPSA) is 29.5 Å². The van der Waals surface area contributed by atoms with E-state index in [1.54, 1.807) is 0 Å². The molecular weight excluding hydrogens is 166 g/mol. The number of hydrogen-bond donors (Lipinski definition) is 0. The van der Waals surface area contributed by atoms with Crippen molar-refractivity contribution in [1.29, 1.82) is 0 Å². The van der Waals surface area contributed by atoms with Gasteiger partial charge < -0.3 is 9.64 Å². The Morgan fingerprint density at radius 2 is 2.31 bits per heavy atom. The Morgan fingerprint density at radius 1 is 1.54 bits per heavy atom. The lowest BCUT2D eigenvalue weighted by molar-refractivity contribution is -0.139. The number of carbonyl (C=O) groups excluding carboxylic acids is 1. The van der Waals surface area contributed by atoms with Gasteiger partial charge in [0.2, 0.25) is 5.91 Å². The summed E-state index contributed by atoms with van der Waals surface area (Å²) in [5.41, 5.74) is 0. The highest BCUT2D eigenvalue weighted by Crippen LogP contribution is 2.16. The van der Waals surface area contributed by atoms with Gasteiger partial charge in [0.05, 0.1) is 0 Å². The quantitative estimate of drug-likeness (QED) is 0.665. The molecule has 1 aliphatic rings. The van der Waals surface area contributed by atoms with Crippen LogP contribution in [0.4, 0.5) is 0 Å². The minimum Gasteiger partial charge on any atom is -0.372 e. The molecule has 1 amide bonds. The molecule has 1 saturated heterocycles. The number of piperidine rings is 1. The van der Waals surface area contributed by atoms with Crippen LogP contribution in [0.1, 0.15) is 33.1 Å². The molecule has 1 unspecified atom stereocenters. The van der Waals surface area contributed by atoms with Crippen LogP contribution in [0.25, 0.3) is 0 Å². The molecule has 13 heavy (non-hydrogen) atoms. The first-order chi connectivity index (χ1) is 6.25. The minimum absolute atomic E-state index is 0.147. The molecule has 0 aliphatic carbocycles. The highest BCUT2D eigenvalue weighted by Gasteiger charge is 2.22. The van der Waals surface area contributed by atoms with Crippen molar-refractivity contribution in [3.8, 4) is 0 Å². The predicted octanol–water partition coefficient (Wildman–Crippen LogP) is 1.42. The third-order valence-corrected chi connectivity index (χ3v) is 2.55. The van der Waals surface area contributed by atoms with Crippen LogP contribution >= 0.6 is 0 Å². The van der Waals surface area contributed by atoms with E-state index in [4.69, 9.17) is 4.74 Å². The molecule has 1 atom stereocenters. The van der Waals surface area contributed by atoms with Gasteiger partial charge in [-0.2, -0.15) is 0 Å². The summed E-state index contributed by atoms with van der Waals surface area (Å²) in [5.74, 6) is 0.147. The number of nitrogens with zero attached hydrogens (tertiary/aromatic N) is 1. The fourth-order valence-corrected chi connectivity index (χ4v) is 1.74. The SMILES string of the molecule is CCOCC(=O)N1CCCCC1C. The van der Waals surface area contributed by atoms with Crippen LogP contribution in [0, 0.1) is 0 Å². The molecule has 1 fully saturated rings. The van der Waals surface area contributed by atoms with Gasteiger partial charge in [-0.3, -0.25) is 4.79 Å². The zero-order chi connectivity index (χ0) is 9.68.